The van der Waals surface area contributed by atoms with Crippen molar-refractivity contribution >= 4 is 17.3 Å². The topological polar surface area (TPSA) is 92.3 Å². The Labute approximate surface area is 154 Å². The van der Waals surface area contributed by atoms with E-state index in [1.54, 1.807) is 30.3 Å². The summed E-state index contributed by atoms with van der Waals surface area (Å²) in [6.07, 6.45) is -0.493. The van der Waals surface area contributed by atoms with Crippen molar-refractivity contribution in [2.75, 3.05) is 5.32 Å². The first-order valence-corrected chi connectivity index (χ1v) is 8.37. The number of carbonyl (C=O) groups is 1. The van der Waals surface area contributed by atoms with Crippen LogP contribution in [0.25, 0.3) is 11.4 Å². The summed E-state index contributed by atoms with van der Waals surface area (Å²) in [7, 11) is 0. The van der Waals surface area contributed by atoms with E-state index >= 15 is 0 Å². The van der Waals surface area contributed by atoms with E-state index in [2.05, 4.69) is 25.7 Å². The van der Waals surface area contributed by atoms with Crippen LogP contribution in [0.3, 0.4) is 0 Å². The molecule has 1 unspecified atom stereocenters. The average molecular weight is 365 g/mol. The molecule has 8 heteroatoms. The highest BCUT2D eigenvalue weighted by molar-refractivity contribution is 6.06. The van der Waals surface area contributed by atoms with Crippen LogP contribution >= 0.6 is 0 Å². The number of nitrogens with zero attached hydrogens (tertiary/aromatic N) is 3. The van der Waals surface area contributed by atoms with Gasteiger partial charge in [0, 0.05) is 23.2 Å². The standard InChI is InChI=1S/C19H16FN5O2/c1-11-21-18(24-23-11)13-5-3-7-15(9-13)22-19(26)17-10-16(25-27-17)12-4-2-6-14(20)8-12/h2-9,17H,10H2,1H3,(H,22,26)(H,21,23,24). The Kier molecular flexibility index (Phi) is 4.37. The number of halogens is 1. The molecule has 1 amide bonds. The number of hydrogen-bond donors (Lipinski definition) is 2. The van der Waals surface area contributed by atoms with Crippen molar-refractivity contribution in [2.24, 2.45) is 5.16 Å². The van der Waals surface area contributed by atoms with Crippen molar-refractivity contribution in [3.8, 4) is 11.4 Å². The third-order valence-electron chi connectivity index (χ3n) is 4.10. The van der Waals surface area contributed by atoms with Crippen LogP contribution in [-0.4, -0.2) is 32.9 Å². The van der Waals surface area contributed by atoms with Gasteiger partial charge in [-0.25, -0.2) is 9.37 Å². The number of hydrogen-bond acceptors (Lipinski definition) is 5. The Balaban J connectivity index is 1.43. The van der Waals surface area contributed by atoms with Crippen molar-refractivity contribution in [2.45, 2.75) is 19.4 Å². The lowest BCUT2D eigenvalue weighted by Gasteiger charge is -2.10. The molecule has 1 aromatic heterocycles. The summed E-state index contributed by atoms with van der Waals surface area (Å²) in [5.41, 5.74) is 2.52. The molecule has 1 aliphatic heterocycles. The molecule has 0 fully saturated rings. The van der Waals surface area contributed by atoms with Gasteiger partial charge in [-0.2, -0.15) is 5.10 Å². The lowest BCUT2D eigenvalue weighted by Crippen LogP contribution is -2.28. The predicted octanol–water partition coefficient (Wildman–Crippen LogP) is 3.05. The molecule has 136 valence electrons. The van der Waals surface area contributed by atoms with Crippen LogP contribution < -0.4 is 5.32 Å². The normalized spacial score (nSPS) is 15.9. The van der Waals surface area contributed by atoms with Gasteiger partial charge in [0.1, 0.15) is 11.6 Å². The summed E-state index contributed by atoms with van der Waals surface area (Å²) in [6.45, 7) is 1.82. The number of H-pyrrole nitrogens is 1. The number of aryl methyl sites for hydroxylation is 1. The highest BCUT2D eigenvalue weighted by Crippen LogP contribution is 2.22. The van der Waals surface area contributed by atoms with Crippen LogP contribution in [0.2, 0.25) is 0 Å². The molecule has 0 bridgehead atoms. The molecule has 4 rings (SSSR count). The maximum Gasteiger partial charge on any atom is 0.268 e. The van der Waals surface area contributed by atoms with Gasteiger partial charge >= 0.3 is 0 Å². The summed E-state index contributed by atoms with van der Waals surface area (Å²) in [5, 5.41) is 13.6. The van der Waals surface area contributed by atoms with Gasteiger partial charge in [-0.05, 0) is 31.2 Å². The number of carbonyl (C=O) groups excluding carboxylic acids is 1. The number of benzene rings is 2. The zero-order valence-corrected chi connectivity index (χ0v) is 14.4. The van der Waals surface area contributed by atoms with Crippen LogP contribution in [0.1, 0.15) is 17.8 Å². The number of anilines is 1. The summed E-state index contributed by atoms with van der Waals surface area (Å²) in [4.78, 5) is 22.0. The van der Waals surface area contributed by atoms with E-state index in [0.717, 1.165) is 5.56 Å². The fourth-order valence-electron chi connectivity index (χ4n) is 2.79. The fraction of sp³-hybridized carbons (Fsp3) is 0.158. The molecule has 0 radical (unpaired) electrons. The molecule has 7 nitrogen and oxygen atoms in total. The summed E-state index contributed by atoms with van der Waals surface area (Å²) < 4.78 is 13.4. The van der Waals surface area contributed by atoms with E-state index in [4.69, 9.17) is 4.84 Å². The van der Waals surface area contributed by atoms with Crippen LogP contribution in [0.5, 0.6) is 0 Å². The molecule has 1 atom stereocenters. The number of rotatable bonds is 4. The maximum absolute atomic E-state index is 13.4. The molecule has 1 aliphatic rings. The number of aromatic nitrogens is 3. The number of aromatic amines is 1. The molecule has 2 N–H and O–H groups in total. The van der Waals surface area contributed by atoms with Crippen LogP contribution in [-0.2, 0) is 9.63 Å². The molecule has 0 spiro atoms. The van der Waals surface area contributed by atoms with E-state index in [9.17, 15) is 9.18 Å². The van der Waals surface area contributed by atoms with Gasteiger partial charge in [0.25, 0.3) is 5.91 Å². The molecular weight excluding hydrogens is 349 g/mol. The molecule has 3 aromatic rings. The largest absolute Gasteiger partial charge is 0.382 e. The van der Waals surface area contributed by atoms with Gasteiger partial charge in [0.05, 0.1) is 5.71 Å². The molecule has 0 saturated heterocycles. The molecular formula is C19H16FN5O2. The zero-order valence-electron chi connectivity index (χ0n) is 14.4. The quantitative estimate of drug-likeness (QED) is 0.743. The number of oxime groups is 1. The van der Waals surface area contributed by atoms with Gasteiger partial charge < -0.3 is 10.2 Å². The van der Waals surface area contributed by atoms with Crippen molar-refractivity contribution in [3.05, 3.63) is 65.7 Å². The van der Waals surface area contributed by atoms with Gasteiger partial charge in [-0.1, -0.05) is 29.4 Å². The third-order valence-corrected chi connectivity index (χ3v) is 4.10. The van der Waals surface area contributed by atoms with Crippen molar-refractivity contribution in [3.63, 3.8) is 0 Å². The molecule has 2 heterocycles. The Morgan fingerprint density at radius 3 is 2.81 bits per heavy atom. The van der Waals surface area contributed by atoms with Gasteiger partial charge in [-0.15, -0.1) is 0 Å². The second-order valence-electron chi connectivity index (χ2n) is 6.16. The van der Waals surface area contributed by atoms with E-state index in [1.807, 2.05) is 13.0 Å². The van der Waals surface area contributed by atoms with Gasteiger partial charge in [0.15, 0.2) is 5.82 Å². The second kappa shape index (κ2) is 6.99. The Morgan fingerprint density at radius 1 is 1.22 bits per heavy atom. The summed E-state index contributed by atoms with van der Waals surface area (Å²) >= 11 is 0. The Hall–Kier alpha value is -3.55. The highest BCUT2D eigenvalue weighted by atomic mass is 19.1. The lowest BCUT2D eigenvalue weighted by atomic mass is 10.0. The minimum Gasteiger partial charge on any atom is -0.382 e. The molecule has 27 heavy (non-hydrogen) atoms. The third kappa shape index (κ3) is 3.69. The summed E-state index contributed by atoms with van der Waals surface area (Å²) in [6, 6.07) is 13.3. The smallest absolute Gasteiger partial charge is 0.268 e. The second-order valence-corrected chi connectivity index (χ2v) is 6.16. The molecule has 0 saturated carbocycles. The van der Waals surface area contributed by atoms with E-state index in [-0.39, 0.29) is 18.1 Å². The number of nitrogens with one attached hydrogen (secondary N) is 2. The van der Waals surface area contributed by atoms with Crippen molar-refractivity contribution < 1.29 is 14.0 Å². The first kappa shape index (κ1) is 16.9. The van der Waals surface area contributed by atoms with E-state index in [1.165, 1.54) is 12.1 Å². The van der Waals surface area contributed by atoms with Gasteiger partial charge in [-0.3, -0.25) is 9.89 Å². The Bertz CT molecular complexity index is 1030. The average Bonchev–Trinajstić information content (AvgIpc) is 3.31. The van der Waals surface area contributed by atoms with E-state index in [0.29, 0.717) is 28.6 Å². The minimum absolute atomic E-state index is 0.273. The lowest BCUT2D eigenvalue weighted by molar-refractivity contribution is -0.125. The van der Waals surface area contributed by atoms with Crippen LogP contribution in [0, 0.1) is 12.7 Å². The zero-order chi connectivity index (χ0) is 18.8. The SMILES string of the molecule is Cc1nc(-c2cccc(NC(=O)C3CC(c4cccc(F)c4)=NO3)c2)n[nH]1. The van der Waals surface area contributed by atoms with E-state index < -0.39 is 6.10 Å². The van der Waals surface area contributed by atoms with Crippen molar-refractivity contribution in [1.29, 1.82) is 0 Å². The Morgan fingerprint density at radius 2 is 2.04 bits per heavy atom. The maximum atomic E-state index is 13.4. The number of amides is 1. The summed E-state index contributed by atoms with van der Waals surface area (Å²) in [5.74, 6) is 0.578. The first-order valence-electron chi connectivity index (χ1n) is 8.37. The van der Waals surface area contributed by atoms with Gasteiger partial charge in [0.2, 0.25) is 6.10 Å². The molecule has 0 aliphatic carbocycles. The monoisotopic (exact) mass is 365 g/mol. The predicted molar refractivity (Wildman–Crippen MR) is 97.6 cm³/mol. The highest BCUT2D eigenvalue weighted by Gasteiger charge is 2.29. The first-order chi connectivity index (χ1) is 13.1. The van der Waals surface area contributed by atoms with Crippen molar-refractivity contribution in [1.82, 2.24) is 15.2 Å². The van der Waals surface area contributed by atoms with Crippen LogP contribution in [0.4, 0.5) is 10.1 Å². The minimum atomic E-state index is -0.766. The fourth-order valence-corrected chi connectivity index (χ4v) is 2.79. The van der Waals surface area contributed by atoms with Crippen LogP contribution in [0.15, 0.2) is 53.7 Å². The molecule has 2 aromatic carbocycles.